The quantitative estimate of drug-likeness (QED) is 0.410. The number of hydrazone groups is 1. The molecule has 0 aliphatic heterocycles. The highest BCUT2D eigenvalue weighted by molar-refractivity contribution is 6.51. The van der Waals surface area contributed by atoms with E-state index in [4.69, 9.17) is 9.47 Å². The minimum absolute atomic E-state index is 0.0437. The predicted octanol–water partition coefficient (Wildman–Crippen LogP) is 4.17. The summed E-state index contributed by atoms with van der Waals surface area (Å²) < 4.78 is 36.1. The number of carbonyl (C=O) groups excluding carboxylic acids is 3. The topological polar surface area (TPSA) is 85.3 Å². The Labute approximate surface area is 165 Å². The van der Waals surface area contributed by atoms with E-state index in [9.17, 15) is 23.2 Å². The second-order valence-electron chi connectivity index (χ2n) is 5.50. The van der Waals surface area contributed by atoms with Crippen LogP contribution < -0.4 is 0 Å². The molecule has 0 heterocycles. The number of carbonyl (C=O) groups is 3. The first-order valence-electron chi connectivity index (χ1n) is 8.65. The molecule has 0 radical (unpaired) electrons. The van der Waals surface area contributed by atoms with Crippen molar-refractivity contribution in [2.24, 2.45) is 5.10 Å². The number of Topliss-reactive ketones (excluding diaryl/α,β-unsaturated/α-hetero) is 1. The van der Waals surface area contributed by atoms with E-state index in [0.717, 1.165) is 24.3 Å². The van der Waals surface area contributed by atoms with Crippen LogP contribution in [0.2, 0.25) is 0 Å². The summed E-state index contributed by atoms with van der Waals surface area (Å²) >= 11 is 0. The Morgan fingerprint density at radius 2 is 1.21 bits per heavy atom. The van der Waals surface area contributed by atoms with E-state index in [1.54, 1.807) is 0 Å². The van der Waals surface area contributed by atoms with Crippen molar-refractivity contribution in [1.29, 1.82) is 0 Å². The van der Waals surface area contributed by atoms with Crippen LogP contribution in [-0.2, 0) is 9.47 Å². The number of ether oxygens (including phenoxy) is 2. The first-order valence-corrected chi connectivity index (χ1v) is 8.65. The summed E-state index contributed by atoms with van der Waals surface area (Å²) in [5, 5.41) is 4.12. The number of hydrogen-bond acceptors (Lipinski definition) is 6. The van der Waals surface area contributed by atoms with Gasteiger partial charge in [-0.2, -0.15) is 5.10 Å². The van der Waals surface area contributed by atoms with Crippen molar-refractivity contribution in [3.8, 4) is 0 Å². The first-order chi connectivity index (χ1) is 13.9. The van der Waals surface area contributed by atoms with Gasteiger partial charge in [0.25, 0.3) is 0 Å². The van der Waals surface area contributed by atoms with Gasteiger partial charge >= 0.3 is 12.2 Å². The van der Waals surface area contributed by atoms with Crippen molar-refractivity contribution in [1.82, 2.24) is 5.01 Å². The highest BCUT2D eigenvalue weighted by Crippen LogP contribution is 2.13. The fourth-order valence-electron chi connectivity index (χ4n) is 2.21. The SMILES string of the molecule is CCOC(=O)N(/N=C(/C(=O)c1ccc(F)cc1)c1ccc(F)cc1)C(=O)OCC. The first kappa shape index (κ1) is 21.7. The van der Waals surface area contributed by atoms with E-state index in [0.29, 0.717) is 0 Å². The Balaban J connectivity index is 2.57. The van der Waals surface area contributed by atoms with Crippen molar-refractivity contribution in [2.75, 3.05) is 13.2 Å². The van der Waals surface area contributed by atoms with Gasteiger partial charge < -0.3 is 9.47 Å². The maximum absolute atomic E-state index is 13.3. The van der Waals surface area contributed by atoms with E-state index in [1.807, 2.05) is 0 Å². The van der Waals surface area contributed by atoms with Gasteiger partial charge in [-0.3, -0.25) is 4.79 Å². The molecule has 0 N–H and O–H groups in total. The van der Waals surface area contributed by atoms with Gasteiger partial charge in [-0.1, -0.05) is 5.01 Å². The third-order valence-electron chi connectivity index (χ3n) is 3.52. The fraction of sp³-hybridized carbons (Fsp3) is 0.200. The number of rotatable bonds is 6. The molecule has 0 aliphatic carbocycles. The molecule has 0 unspecified atom stereocenters. The Kier molecular flexibility index (Phi) is 7.53. The number of benzene rings is 2. The van der Waals surface area contributed by atoms with Crippen LogP contribution in [0.25, 0.3) is 0 Å². The number of hydrogen-bond donors (Lipinski definition) is 0. The molecule has 0 aliphatic rings. The molecule has 0 atom stereocenters. The van der Waals surface area contributed by atoms with Crippen LogP contribution in [-0.4, -0.2) is 41.9 Å². The fourth-order valence-corrected chi connectivity index (χ4v) is 2.21. The van der Waals surface area contributed by atoms with Gasteiger partial charge in [0.2, 0.25) is 5.78 Å². The van der Waals surface area contributed by atoms with Crippen molar-refractivity contribution >= 4 is 23.7 Å². The molecule has 2 amide bonds. The van der Waals surface area contributed by atoms with Crippen LogP contribution in [0.1, 0.15) is 29.8 Å². The summed E-state index contributed by atoms with van der Waals surface area (Å²) in [6.07, 6.45) is -2.31. The molecule has 0 saturated heterocycles. The van der Waals surface area contributed by atoms with E-state index < -0.39 is 29.6 Å². The summed E-state index contributed by atoms with van der Waals surface area (Å²) in [6, 6.07) is 9.26. The maximum Gasteiger partial charge on any atom is 0.440 e. The lowest BCUT2D eigenvalue weighted by atomic mass is 10.0. The summed E-state index contributed by atoms with van der Waals surface area (Å²) in [5.74, 6) is -1.84. The van der Waals surface area contributed by atoms with Gasteiger partial charge in [0.05, 0.1) is 13.2 Å². The molecule has 2 rings (SSSR count). The van der Waals surface area contributed by atoms with Crippen LogP contribution in [0.3, 0.4) is 0 Å². The molecule has 29 heavy (non-hydrogen) atoms. The van der Waals surface area contributed by atoms with Crippen molar-refractivity contribution in [3.05, 3.63) is 71.3 Å². The van der Waals surface area contributed by atoms with Crippen molar-refractivity contribution in [2.45, 2.75) is 13.8 Å². The Morgan fingerprint density at radius 3 is 1.62 bits per heavy atom. The monoisotopic (exact) mass is 404 g/mol. The number of imide groups is 1. The van der Waals surface area contributed by atoms with Crippen LogP contribution in [0.4, 0.5) is 18.4 Å². The van der Waals surface area contributed by atoms with Gasteiger partial charge in [-0.15, -0.1) is 0 Å². The summed E-state index contributed by atoms with van der Waals surface area (Å²) in [6.45, 7) is 2.94. The smallest absolute Gasteiger partial charge is 0.440 e. The number of ketones is 1. The molecule has 2 aromatic carbocycles. The van der Waals surface area contributed by atoms with Gasteiger partial charge in [0, 0.05) is 11.1 Å². The predicted molar refractivity (Wildman–Crippen MR) is 99.6 cm³/mol. The number of halogens is 2. The lowest BCUT2D eigenvalue weighted by Gasteiger charge is -2.16. The van der Waals surface area contributed by atoms with Crippen LogP contribution in [0.5, 0.6) is 0 Å². The molecule has 7 nitrogen and oxygen atoms in total. The molecule has 152 valence electrons. The molecular formula is C20H18F2N2O5. The van der Waals surface area contributed by atoms with Crippen molar-refractivity contribution < 1.29 is 32.6 Å². The van der Waals surface area contributed by atoms with Gasteiger partial charge in [-0.25, -0.2) is 18.4 Å². The molecule has 0 bridgehead atoms. The standard InChI is InChI=1S/C20H18F2N2O5/c1-3-28-19(26)24(20(27)29-4-2)23-17(13-5-9-15(21)10-6-13)18(25)14-7-11-16(22)12-8-14/h5-12H,3-4H2,1-2H3/b23-17+. The van der Waals surface area contributed by atoms with E-state index in [-0.39, 0.29) is 35.1 Å². The van der Waals surface area contributed by atoms with Gasteiger partial charge in [0.15, 0.2) is 0 Å². The number of nitrogens with zero attached hydrogens (tertiary/aromatic N) is 2. The summed E-state index contributed by atoms with van der Waals surface area (Å²) in [4.78, 5) is 37.3. The van der Waals surface area contributed by atoms with Crippen LogP contribution >= 0.6 is 0 Å². The van der Waals surface area contributed by atoms with E-state index in [1.165, 1.54) is 38.1 Å². The van der Waals surface area contributed by atoms with Crippen molar-refractivity contribution in [3.63, 3.8) is 0 Å². The second kappa shape index (κ2) is 10.1. The second-order valence-corrected chi connectivity index (χ2v) is 5.50. The molecule has 0 spiro atoms. The van der Waals surface area contributed by atoms with E-state index in [2.05, 4.69) is 5.10 Å². The molecule has 0 aromatic heterocycles. The summed E-state index contributed by atoms with van der Waals surface area (Å²) in [5.41, 5.74) is -0.195. The normalized spacial score (nSPS) is 11.0. The van der Waals surface area contributed by atoms with Crippen LogP contribution in [0.15, 0.2) is 53.6 Å². The number of amides is 2. The minimum atomic E-state index is -1.16. The zero-order chi connectivity index (χ0) is 21.4. The third kappa shape index (κ3) is 5.68. The Hall–Kier alpha value is -3.62. The Morgan fingerprint density at radius 1 is 0.793 bits per heavy atom. The zero-order valence-corrected chi connectivity index (χ0v) is 15.7. The maximum atomic E-state index is 13.3. The largest absolute Gasteiger partial charge is 0.448 e. The lowest BCUT2D eigenvalue weighted by molar-refractivity contribution is 0.0823. The third-order valence-corrected chi connectivity index (χ3v) is 3.52. The van der Waals surface area contributed by atoms with E-state index >= 15 is 0 Å². The van der Waals surface area contributed by atoms with Crippen LogP contribution in [0, 0.1) is 11.6 Å². The average Bonchev–Trinajstić information content (AvgIpc) is 2.70. The molecule has 0 fully saturated rings. The molecule has 2 aromatic rings. The lowest BCUT2D eigenvalue weighted by Crippen LogP contribution is -2.36. The van der Waals surface area contributed by atoms with Gasteiger partial charge in [-0.05, 0) is 62.4 Å². The highest BCUT2D eigenvalue weighted by Gasteiger charge is 2.27. The average molecular weight is 404 g/mol. The summed E-state index contributed by atoms with van der Waals surface area (Å²) in [7, 11) is 0. The minimum Gasteiger partial charge on any atom is -0.448 e. The Bertz CT molecular complexity index is 893. The molecule has 0 saturated carbocycles. The molecule has 9 heteroatoms. The van der Waals surface area contributed by atoms with Gasteiger partial charge in [0.1, 0.15) is 17.3 Å². The zero-order valence-electron chi connectivity index (χ0n) is 15.7. The molecular weight excluding hydrogens is 386 g/mol. The highest BCUT2D eigenvalue weighted by atomic mass is 19.1.